The minimum Gasteiger partial charge on any atom is -0.366 e. The van der Waals surface area contributed by atoms with Crippen molar-refractivity contribution in [2.75, 3.05) is 5.32 Å². The van der Waals surface area contributed by atoms with Crippen LogP contribution in [-0.4, -0.2) is 31.0 Å². The summed E-state index contributed by atoms with van der Waals surface area (Å²) >= 11 is 1.60. The Balaban J connectivity index is 1.53. The van der Waals surface area contributed by atoms with Gasteiger partial charge in [-0.2, -0.15) is 0 Å². The van der Waals surface area contributed by atoms with Gasteiger partial charge >= 0.3 is 0 Å². The van der Waals surface area contributed by atoms with E-state index in [1.807, 2.05) is 11.4 Å². The van der Waals surface area contributed by atoms with Crippen LogP contribution in [0.4, 0.5) is 10.2 Å². The summed E-state index contributed by atoms with van der Waals surface area (Å²) in [6.45, 7) is 0. The molecular formula is C21H19FN6S. The number of nitrogens with zero attached hydrogens (tertiary/aromatic N) is 5. The fourth-order valence-corrected chi connectivity index (χ4v) is 4.49. The normalized spacial score (nSPS) is 14.5. The quantitative estimate of drug-likeness (QED) is 0.521. The SMILES string of the molecule is Fc1cnc(Cc2cnccn2)cc1-c1nc(NC2CCCC2)c2sccc2n1. The molecule has 0 atom stereocenters. The van der Waals surface area contributed by atoms with Gasteiger partial charge in [0.05, 0.1) is 27.7 Å². The molecular weight excluding hydrogens is 387 g/mol. The van der Waals surface area contributed by atoms with Crippen LogP contribution in [-0.2, 0) is 6.42 Å². The van der Waals surface area contributed by atoms with Gasteiger partial charge in [-0.25, -0.2) is 14.4 Å². The van der Waals surface area contributed by atoms with Gasteiger partial charge in [-0.15, -0.1) is 11.3 Å². The minimum absolute atomic E-state index is 0.349. The molecule has 0 radical (unpaired) electrons. The molecule has 8 heteroatoms. The van der Waals surface area contributed by atoms with Gasteiger partial charge in [0.15, 0.2) is 11.6 Å². The van der Waals surface area contributed by atoms with Crippen molar-refractivity contribution < 1.29 is 4.39 Å². The van der Waals surface area contributed by atoms with E-state index in [1.54, 1.807) is 36.0 Å². The summed E-state index contributed by atoms with van der Waals surface area (Å²) in [4.78, 5) is 21.9. The lowest BCUT2D eigenvalue weighted by Crippen LogP contribution is -2.16. The average Bonchev–Trinajstić information content (AvgIpc) is 3.42. The van der Waals surface area contributed by atoms with Crippen molar-refractivity contribution in [1.29, 1.82) is 0 Å². The van der Waals surface area contributed by atoms with Gasteiger partial charge in [-0.05, 0) is 30.4 Å². The molecule has 0 saturated heterocycles. The van der Waals surface area contributed by atoms with E-state index in [9.17, 15) is 4.39 Å². The second-order valence-electron chi connectivity index (χ2n) is 7.19. The predicted molar refractivity (Wildman–Crippen MR) is 111 cm³/mol. The van der Waals surface area contributed by atoms with Crippen LogP contribution in [0, 0.1) is 5.82 Å². The van der Waals surface area contributed by atoms with Gasteiger partial charge in [0.2, 0.25) is 0 Å². The van der Waals surface area contributed by atoms with Crippen LogP contribution < -0.4 is 5.32 Å². The van der Waals surface area contributed by atoms with E-state index in [-0.39, 0.29) is 0 Å². The molecule has 1 fully saturated rings. The number of nitrogens with one attached hydrogen (secondary N) is 1. The fraction of sp³-hybridized carbons (Fsp3) is 0.286. The first-order chi connectivity index (χ1) is 14.3. The van der Waals surface area contributed by atoms with Crippen molar-refractivity contribution in [1.82, 2.24) is 24.9 Å². The Morgan fingerprint density at radius 1 is 1.07 bits per heavy atom. The van der Waals surface area contributed by atoms with Crippen LogP contribution in [0.2, 0.25) is 0 Å². The summed E-state index contributed by atoms with van der Waals surface area (Å²) < 4.78 is 15.7. The zero-order valence-corrected chi connectivity index (χ0v) is 16.5. The molecule has 29 heavy (non-hydrogen) atoms. The van der Waals surface area contributed by atoms with E-state index < -0.39 is 5.82 Å². The number of aromatic nitrogens is 5. The van der Waals surface area contributed by atoms with E-state index in [0.717, 1.165) is 34.6 Å². The third kappa shape index (κ3) is 3.80. The first kappa shape index (κ1) is 18.1. The second-order valence-corrected chi connectivity index (χ2v) is 8.10. The standard InChI is InChI=1S/C21H19FN6S/c22-17-12-25-14(9-15-11-23-6-7-24-15)10-16(17)20-27-18-5-8-29-19(18)21(28-20)26-13-3-1-2-4-13/h5-8,10-13H,1-4,9H2,(H,26,27,28). The summed E-state index contributed by atoms with van der Waals surface area (Å²) in [5.74, 6) is 0.726. The number of halogens is 1. The highest BCUT2D eigenvalue weighted by Gasteiger charge is 2.19. The largest absolute Gasteiger partial charge is 0.366 e. The number of hydrogen-bond donors (Lipinski definition) is 1. The summed E-state index contributed by atoms with van der Waals surface area (Å²) in [5, 5.41) is 5.55. The molecule has 4 aromatic heterocycles. The number of pyridine rings is 1. The second kappa shape index (κ2) is 7.79. The molecule has 146 valence electrons. The molecule has 6 nitrogen and oxygen atoms in total. The van der Waals surface area contributed by atoms with Crippen LogP contribution in [0.15, 0.2) is 42.3 Å². The van der Waals surface area contributed by atoms with Crippen LogP contribution in [0.3, 0.4) is 0 Å². The van der Waals surface area contributed by atoms with E-state index in [4.69, 9.17) is 4.98 Å². The summed E-state index contributed by atoms with van der Waals surface area (Å²) in [6.07, 6.45) is 11.4. The van der Waals surface area contributed by atoms with Gasteiger partial charge in [0.1, 0.15) is 5.82 Å². The molecule has 0 spiro atoms. The van der Waals surface area contributed by atoms with Gasteiger partial charge < -0.3 is 5.32 Å². The smallest absolute Gasteiger partial charge is 0.165 e. The predicted octanol–water partition coefficient (Wildman–Crippen LogP) is 4.63. The topological polar surface area (TPSA) is 76.5 Å². The monoisotopic (exact) mass is 406 g/mol. The first-order valence-corrected chi connectivity index (χ1v) is 10.6. The lowest BCUT2D eigenvalue weighted by atomic mass is 10.1. The molecule has 4 aromatic rings. The van der Waals surface area contributed by atoms with Crippen molar-refractivity contribution in [2.24, 2.45) is 0 Å². The number of fused-ring (bicyclic) bond motifs is 1. The molecule has 1 saturated carbocycles. The van der Waals surface area contributed by atoms with Crippen molar-refractivity contribution in [3.05, 3.63) is 59.5 Å². The zero-order chi connectivity index (χ0) is 19.6. The van der Waals surface area contributed by atoms with E-state index in [2.05, 4.69) is 25.3 Å². The molecule has 0 bridgehead atoms. The highest BCUT2D eigenvalue weighted by atomic mass is 32.1. The van der Waals surface area contributed by atoms with Gasteiger partial charge in [-0.3, -0.25) is 15.0 Å². The van der Waals surface area contributed by atoms with Crippen molar-refractivity contribution in [3.8, 4) is 11.4 Å². The van der Waals surface area contributed by atoms with Gasteiger partial charge in [0, 0.05) is 36.7 Å². The lowest BCUT2D eigenvalue weighted by Gasteiger charge is -2.14. The van der Waals surface area contributed by atoms with Crippen LogP contribution >= 0.6 is 11.3 Å². The van der Waals surface area contributed by atoms with Gasteiger partial charge in [-0.1, -0.05) is 12.8 Å². The molecule has 0 unspecified atom stereocenters. The Labute approximate surface area is 171 Å². The highest BCUT2D eigenvalue weighted by molar-refractivity contribution is 7.17. The van der Waals surface area contributed by atoms with E-state index in [0.29, 0.717) is 29.5 Å². The van der Waals surface area contributed by atoms with Crippen molar-refractivity contribution in [2.45, 2.75) is 38.1 Å². The van der Waals surface area contributed by atoms with E-state index in [1.165, 1.54) is 19.0 Å². The summed E-state index contributed by atoms with van der Waals surface area (Å²) in [7, 11) is 0. The van der Waals surface area contributed by atoms with Crippen molar-refractivity contribution in [3.63, 3.8) is 0 Å². The molecule has 1 N–H and O–H groups in total. The lowest BCUT2D eigenvalue weighted by molar-refractivity contribution is 0.622. The van der Waals surface area contributed by atoms with E-state index >= 15 is 0 Å². The molecule has 1 aliphatic carbocycles. The third-order valence-electron chi connectivity index (χ3n) is 5.13. The summed E-state index contributed by atoms with van der Waals surface area (Å²) in [5.41, 5.74) is 2.64. The zero-order valence-electron chi connectivity index (χ0n) is 15.7. The van der Waals surface area contributed by atoms with Gasteiger partial charge in [0.25, 0.3) is 0 Å². The molecule has 0 amide bonds. The molecule has 0 aliphatic heterocycles. The Bertz CT molecular complexity index is 1140. The molecule has 5 rings (SSSR count). The maximum absolute atomic E-state index is 14.7. The fourth-order valence-electron chi connectivity index (χ4n) is 3.70. The Morgan fingerprint density at radius 3 is 2.79 bits per heavy atom. The molecule has 0 aromatic carbocycles. The summed E-state index contributed by atoms with van der Waals surface area (Å²) in [6, 6.07) is 4.07. The molecule has 4 heterocycles. The van der Waals surface area contributed by atoms with Crippen LogP contribution in [0.5, 0.6) is 0 Å². The Hall–Kier alpha value is -3.00. The maximum atomic E-state index is 14.7. The Kier molecular flexibility index (Phi) is 4.85. The first-order valence-electron chi connectivity index (χ1n) is 9.68. The maximum Gasteiger partial charge on any atom is 0.165 e. The highest BCUT2D eigenvalue weighted by Crippen LogP contribution is 2.32. The van der Waals surface area contributed by atoms with Crippen molar-refractivity contribution >= 4 is 27.4 Å². The van der Waals surface area contributed by atoms with Crippen LogP contribution in [0.25, 0.3) is 21.6 Å². The average molecular weight is 406 g/mol. The number of hydrogen-bond acceptors (Lipinski definition) is 7. The number of thiophene rings is 1. The third-order valence-corrected chi connectivity index (χ3v) is 6.04. The Morgan fingerprint density at radius 2 is 1.97 bits per heavy atom. The van der Waals surface area contributed by atoms with Crippen LogP contribution in [0.1, 0.15) is 37.1 Å². The minimum atomic E-state index is -0.436. The molecule has 1 aliphatic rings. The number of rotatable bonds is 5. The number of anilines is 1.